The quantitative estimate of drug-likeness (QED) is 0.711. The van der Waals surface area contributed by atoms with E-state index in [0.29, 0.717) is 12.1 Å². The monoisotopic (exact) mass is 329 g/mol. The van der Waals surface area contributed by atoms with Crippen LogP contribution in [0.4, 0.5) is 0 Å². The zero-order valence-electron chi connectivity index (χ0n) is 12.2. The van der Waals surface area contributed by atoms with Crippen LogP contribution in [0.25, 0.3) is 0 Å². The summed E-state index contributed by atoms with van der Waals surface area (Å²) in [6.07, 6.45) is 1.52. The molecule has 21 heavy (non-hydrogen) atoms. The smallest absolute Gasteiger partial charge is 0.258 e. The standard InChI is InChI=1S/C12H19N5O2S2/c1-4-13-5-10-6-14-16-12(10)21(18,19)17-9(3)11-15-8(2)7-20-11/h6-7,9,13,17H,4-5H2,1-3H3,(H,14,16). The Hall–Kier alpha value is -1.29. The number of nitrogens with zero attached hydrogens (tertiary/aromatic N) is 2. The van der Waals surface area contributed by atoms with Crippen LogP contribution in [0.2, 0.25) is 0 Å². The fourth-order valence-corrected chi connectivity index (χ4v) is 4.05. The summed E-state index contributed by atoms with van der Waals surface area (Å²) in [6.45, 7) is 6.82. The first-order chi connectivity index (χ1) is 9.94. The molecule has 0 fully saturated rings. The summed E-state index contributed by atoms with van der Waals surface area (Å²) in [7, 11) is -3.66. The van der Waals surface area contributed by atoms with E-state index in [1.165, 1.54) is 17.5 Å². The lowest BCUT2D eigenvalue weighted by atomic mass is 10.3. The summed E-state index contributed by atoms with van der Waals surface area (Å²) >= 11 is 1.44. The van der Waals surface area contributed by atoms with Crippen molar-refractivity contribution >= 4 is 21.4 Å². The fourth-order valence-electron chi connectivity index (χ4n) is 1.83. The maximum atomic E-state index is 12.4. The Balaban J connectivity index is 2.16. The van der Waals surface area contributed by atoms with Crippen molar-refractivity contribution in [1.82, 2.24) is 25.2 Å². The van der Waals surface area contributed by atoms with Crippen molar-refractivity contribution in [1.29, 1.82) is 0 Å². The Bertz CT molecular complexity index is 692. The minimum Gasteiger partial charge on any atom is -0.313 e. The molecule has 0 saturated carbocycles. The van der Waals surface area contributed by atoms with Crippen LogP contribution in [-0.4, -0.2) is 30.1 Å². The van der Waals surface area contributed by atoms with E-state index >= 15 is 0 Å². The number of aromatic amines is 1. The molecule has 9 heteroatoms. The first-order valence-electron chi connectivity index (χ1n) is 6.61. The van der Waals surface area contributed by atoms with Crippen LogP contribution >= 0.6 is 11.3 Å². The molecule has 2 aromatic heterocycles. The van der Waals surface area contributed by atoms with Crippen molar-refractivity contribution in [3.63, 3.8) is 0 Å². The highest BCUT2D eigenvalue weighted by Crippen LogP contribution is 2.20. The van der Waals surface area contributed by atoms with Crippen LogP contribution in [0.3, 0.4) is 0 Å². The van der Waals surface area contributed by atoms with Gasteiger partial charge in [0.25, 0.3) is 10.0 Å². The first-order valence-corrected chi connectivity index (χ1v) is 8.97. The predicted octanol–water partition coefficient (Wildman–Crippen LogP) is 1.32. The summed E-state index contributed by atoms with van der Waals surface area (Å²) in [6, 6.07) is -0.385. The molecule has 2 aromatic rings. The number of aromatic nitrogens is 3. The van der Waals surface area contributed by atoms with Crippen molar-refractivity contribution in [2.75, 3.05) is 6.54 Å². The van der Waals surface area contributed by atoms with E-state index in [1.807, 2.05) is 19.2 Å². The average molecular weight is 329 g/mol. The van der Waals surface area contributed by atoms with Crippen molar-refractivity contribution in [3.05, 3.63) is 27.8 Å². The SMILES string of the molecule is CCNCc1cn[nH]c1S(=O)(=O)NC(C)c1nc(C)cs1. The van der Waals surface area contributed by atoms with Crippen LogP contribution in [0.1, 0.15) is 36.2 Å². The van der Waals surface area contributed by atoms with Crippen LogP contribution in [0.15, 0.2) is 16.6 Å². The van der Waals surface area contributed by atoms with Gasteiger partial charge in [-0.05, 0) is 20.4 Å². The van der Waals surface area contributed by atoms with Gasteiger partial charge < -0.3 is 5.32 Å². The van der Waals surface area contributed by atoms with E-state index in [2.05, 4.69) is 25.2 Å². The number of H-pyrrole nitrogens is 1. The number of hydrogen-bond donors (Lipinski definition) is 3. The molecular weight excluding hydrogens is 310 g/mol. The predicted molar refractivity (Wildman–Crippen MR) is 81.6 cm³/mol. The lowest BCUT2D eigenvalue weighted by Gasteiger charge is -2.12. The second-order valence-corrected chi connectivity index (χ2v) is 7.22. The molecular formula is C12H19N5O2S2. The molecule has 0 aliphatic rings. The van der Waals surface area contributed by atoms with Gasteiger partial charge in [0, 0.05) is 23.2 Å². The molecule has 0 bridgehead atoms. The Labute approximate surface area is 128 Å². The summed E-state index contributed by atoms with van der Waals surface area (Å²) in [5.41, 5.74) is 1.50. The third kappa shape index (κ3) is 3.88. The van der Waals surface area contributed by atoms with Crippen LogP contribution in [0.5, 0.6) is 0 Å². The van der Waals surface area contributed by atoms with E-state index in [0.717, 1.165) is 17.2 Å². The second-order valence-electron chi connectivity index (χ2n) is 4.67. The van der Waals surface area contributed by atoms with Crippen molar-refractivity contribution in [2.45, 2.75) is 38.4 Å². The van der Waals surface area contributed by atoms with Gasteiger partial charge in [0.2, 0.25) is 0 Å². The van der Waals surface area contributed by atoms with Gasteiger partial charge in [0.05, 0.1) is 12.2 Å². The summed E-state index contributed by atoms with van der Waals surface area (Å²) in [5.74, 6) is 0. The van der Waals surface area contributed by atoms with Crippen molar-refractivity contribution < 1.29 is 8.42 Å². The highest BCUT2D eigenvalue weighted by molar-refractivity contribution is 7.89. The highest BCUT2D eigenvalue weighted by atomic mass is 32.2. The number of nitrogens with one attached hydrogen (secondary N) is 3. The Morgan fingerprint density at radius 1 is 1.48 bits per heavy atom. The number of thiazole rings is 1. The van der Waals surface area contributed by atoms with Crippen LogP contribution < -0.4 is 10.0 Å². The van der Waals surface area contributed by atoms with Gasteiger partial charge in [-0.15, -0.1) is 11.3 Å². The molecule has 1 unspecified atom stereocenters. The molecule has 2 heterocycles. The van der Waals surface area contributed by atoms with Gasteiger partial charge in [0.1, 0.15) is 5.01 Å². The third-order valence-corrected chi connectivity index (χ3v) is 5.55. The second kappa shape index (κ2) is 6.65. The normalized spacial score (nSPS) is 13.5. The molecule has 2 rings (SSSR count). The minimum absolute atomic E-state index is 0.101. The third-order valence-electron chi connectivity index (χ3n) is 2.85. The molecule has 7 nitrogen and oxygen atoms in total. The van der Waals surface area contributed by atoms with E-state index < -0.39 is 10.0 Å². The Morgan fingerprint density at radius 3 is 2.86 bits per heavy atom. The molecule has 0 radical (unpaired) electrons. The first kappa shape index (κ1) is 16.1. The van der Waals surface area contributed by atoms with E-state index in [-0.39, 0.29) is 11.1 Å². The van der Waals surface area contributed by atoms with Crippen molar-refractivity contribution in [2.24, 2.45) is 0 Å². The molecule has 0 spiro atoms. The van der Waals surface area contributed by atoms with Gasteiger partial charge in [-0.25, -0.2) is 18.1 Å². The van der Waals surface area contributed by atoms with E-state index in [9.17, 15) is 8.42 Å². The maximum Gasteiger partial charge on any atom is 0.258 e. The number of aryl methyl sites for hydroxylation is 1. The summed E-state index contributed by atoms with van der Waals surface area (Å²) in [4.78, 5) is 4.30. The topological polar surface area (TPSA) is 99.8 Å². The average Bonchev–Trinajstić information content (AvgIpc) is 3.04. The van der Waals surface area contributed by atoms with Gasteiger partial charge in [-0.2, -0.15) is 5.10 Å². The molecule has 1 atom stereocenters. The van der Waals surface area contributed by atoms with Crippen LogP contribution in [0, 0.1) is 6.92 Å². The minimum atomic E-state index is -3.66. The van der Waals surface area contributed by atoms with Gasteiger partial charge in [-0.3, -0.25) is 5.10 Å². The molecule has 116 valence electrons. The molecule has 0 saturated heterocycles. The number of rotatable bonds is 7. The number of hydrogen-bond acceptors (Lipinski definition) is 6. The lowest BCUT2D eigenvalue weighted by Crippen LogP contribution is -2.28. The van der Waals surface area contributed by atoms with Gasteiger partial charge in [0.15, 0.2) is 5.03 Å². The van der Waals surface area contributed by atoms with Gasteiger partial charge in [-0.1, -0.05) is 6.92 Å². The van der Waals surface area contributed by atoms with Crippen molar-refractivity contribution in [3.8, 4) is 0 Å². The molecule has 0 aliphatic carbocycles. The largest absolute Gasteiger partial charge is 0.313 e. The molecule has 0 amide bonds. The van der Waals surface area contributed by atoms with E-state index in [1.54, 1.807) is 6.92 Å². The van der Waals surface area contributed by atoms with Crippen LogP contribution in [-0.2, 0) is 16.6 Å². The Kier molecular flexibility index (Phi) is 5.09. The molecule has 0 aromatic carbocycles. The summed E-state index contributed by atoms with van der Waals surface area (Å²) < 4.78 is 27.5. The Morgan fingerprint density at radius 2 is 2.24 bits per heavy atom. The van der Waals surface area contributed by atoms with E-state index in [4.69, 9.17) is 0 Å². The number of sulfonamides is 1. The van der Waals surface area contributed by atoms with Gasteiger partial charge >= 0.3 is 0 Å². The summed E-state index contributed by atoms with van der Waals surface area (Å²) in [5, 5.41) is 12.2. The lowest BCUT2D eigenvalue weighted by molar-refractivity contribution is 0.559. The maximum absolute atomic E-state index is 12.4. The highest BCUT2D eigenvalue weighted by Gasteiger charge is 2.24. The molecule has 0 aliphatic heterocycles. The fraction of sp³-hybridized carbons (Fsp3) is 0.500. The molecule has 3 N–H and O–H groups in total. The zero-order valence-corrected chi connectivity index (χ0v) is 13.8. The zero-order chi connectivity index (χ0) is 15.5.